The van der Waals surface area contributed by atoms with E-state index in [2.05, 4.69) is 13.2 Å². The summed E-state index contributed by atoms with van der Waals surface area (Å²) in [5, 5.41) is 0. The zero-order chi connectivity index (χ0) is 11.7. The first-order valence-electron chi connectivity index (χ1n) is 5.14. The molecule has 1 rings (SSSR count). The minimum absolute atomic E-state index is 0.0831. The van der Waals surface area contributed by atoms with Crippen LogP contribution in [0.25, 0.3) is 0 Å². The number of hydrogen-bond acceptors (Lipinski definition) is 2. The number of hydrogen-bond donors (Lipinski definition) is 0. The summed E-state index contributed by atoms with van der Waals surface area (Å²) in [6.07, 6.45) is 5.69. The summed E-state index contributed by atoms with van der Waals surface area (Å²) in [5.74, 6) is 0.0831. The molecule has 0 aromatic carbocycles. The Bertz CT molecular complexity index is 240. The molecule has 1 fully saturated rings. The van der Waals surface area contributed by atoms with Gasteiger partial charge in [0.1, 0.15) is 6.29 Å². The molecule has 0 aromatic rings. The first kappa shape index (κ1) is 13.6. The lowest BCUT2D eigenvalue weighted by Gasteiger charge is -2.25. The molecule has 0 unspecified atom stereocenters. The molecule has 0 radical (unpaired) electrons. The standard InChI is InChI=1S/C8H13NO.C4H6O/c1-2-8(10)9-6-4-3-5-7-9;1-4(2)3-5/h2H,1,3-7H2;3H,1H2,2H3. The highest BCUT2D eigenvalue weighted by atomic mass is 16.2. The summed E-state index contributed by atoms with van der Waals surface area (Å²) in [5.41, 5.74) is 0.574. The quantitative estimate of drug-likeness (QED) is 0.515. The lowest BCUT2D eigenvalue weighted by atomic mass is 10.1. The first-order chi connectivity index (χ1) is 7.11. The predicted molar refractivity (Wildman–Crippen MR) is 61.5 cm³/mol. The Morgan fingerprint density at radius 2 is 1.73 bits per heavy atom. The van der Waals surface area contributed by atoms with Crippen LogP contribution >= 0.6 is 0 Å². The van der Waals surface area contributed by atoms with E-state index in [0.29, 0.717) is 5.57 Å². The molecule has 1 aliphatic heterocycles. The van der Waals surface area contributed by atoms with Crippen LogP contribution in [0.15, 0.2) is 24.8 Å². The summed E-state index contributed by atoms with van der Waals surface area (Å²) < 4.78 is 0. The maximum absolute atomic E-state index is 11.0. The summed E-state index contributed by atoms with van der Waals surface area (Å²) in [6.45, 7) is 10.3. The highest BCUT2D eigenvalue weighted by molar-refractivity contribution is 5.87. The molecule has 0 saturated carbocycles. The topological polar surface area (TPSA) is 37.4 Å². The fraction of sp³-hybridized carbons (Fsp3) is 0.500. The van der Waals surface area contributed by atoms with Crippen molar-refractivity contribution >= 4 is 12.2 Å². The minimum atomic E-state index is 0.0831. The van der Waals surface area contributed by atoms with Gasteiger partial charge in [0.25, 0.3) is 0 Å². The van der Waals surface area contributed by atoms with Crippen LogP contribution in [0.1, 0.15) is 26.2 Å². The fourth-order valence-corrected chi connectivity index (χ4v) is 1.24. The van der Waals surface area contributed by atoms with Crippen LogP contribution in [-0.4, -0.2) is 30.2 Å². The van der Waals surface area contributed by atoms with E-state index in [1.165, 1.54) is 12.5 Å². The predicted octanol–water partition coefficient (Wildman–Crippen LogP) is 1.95. The van der Waals surface area contributed by atoms with Gasteiger partial charge in [-0.2, -0.15) is 0 Å². The van der Waals surface area contributed by atoms with Crippen LogP contribution in [0.4, 0.5) is 0 Å². The van der Waals surface area contributed by atoms with E-state index >= 15 is 0 Å². The Morgan fingerprint density at radius 3 is 2.07 bits per heavy atom. The Hall–Kier alpha value is -1.38. The Balaban J connectivity index is 0.000000336. The third-order valence-electron chi connectivity index (χ3n) is 2.04. The monoisotopic (exact) mass is 209 g/mol. The summed E-state index contributed by atoms with van der Waals surface area (Å²) in [4.78, 5) is 22.2. The van der Waals surface area contributed by atoms with Gasteiger partial charge in [-0.3, -0.25) is 9.59 Å². The number of carbonyl (C=O) groups is 2. The normalized spacial score (nSPS) is 14.6. The number of likely N-dealkylation sites (tertiary alicyclic amines) is 1. The number of amides is 1. The maximum atomic E-state index is 11.0. The van der Waals surface area contributed by atoms with Crippen LogP contribution < -0.4 is 0 Å². The zero-order valence-corrected chi connectivity index (χ0v) is 9.37. The molecule has 1 aliphatic rings. The van der Waals surface area contributed by atoms with E-state index in [1.807, 2.05) is 4.90 Å². The molecule has 0 aliphatic carbocycles. The molecule has 0 aromatic heterocycles. The second-order valence-corrected chi connectivity index (χ2v) is 3.55. The van der Waals surface area contributed by atoms with E-state index in [9.17, 15) is 9.59 Å². The second kappa shape index (κ2) is 7.97. The van der Waals surface area contributed by atoms with E-state index in [0.717, 1.165) is 32.2 Å². The lowest BCUT2D eigenvalue weighted by molar-refractivity contribution is -0.126. The molecular formula is C12H19NO2. The first-order valence-corrected chi connectivity index (χ1v) is 5.14. The summed E-state index contributed by atoms with van der Waals surface area (Å²) >= 11 is 0. The van der Waals surface area contributed by atoms with E-state index < -0.39 is 0 Å². The number of carbonyl (C=O) groups excluding carboxylic acids is 2. The summed E-state index contributed by atoms with van der Waals surface area (Å²) in [7, 11) is 0. The molecule has 1 heterocycles. The molecule has 84 valence electrons. The molecule has 1 amide bonds. The van der Waals surface area contributed by atoms with Crippen molar-refractivity contribution in [3.63, 3.8) is 0 Å². The third kappa shape index (κ3) is 6.66. The maximum Gasteiger partial charge on any atom is 0.245 e. The van der Waals surface area contributed by atoms with Crippen LogP contribution in [-0.2, 0) is 9.59 Å². The van der Waals surface area contributed by atoms with Crippen molar-refractivity contribution in [2.45, 2.75) is 26.2 Å². The number of nitrogens with zero attached hydrogens (tertiary/aromatic N) is 1. The zero-order valence-electron chi connectivity index (χ0n) is 9.37. The van der Waals surface area contributed by atoms with Crippen molar-refractivity contribution in [3.05, 3.63) is 24.8 Å². The van der Waals surface area contributed by atoms with Gasteiger partial charge in [0.05, 0.1) is 0 Å². The number of aldehydes is 1. The molecule has 3 nitrogen and oxygen atoms in total. The van der Waals surface area contributed by atoms with Crippen molar-refractivity contribution in [2.75, 3.05) is 13.1 Å². The Morgan fingerprint density at radius 1 is 1.27 bits per heavy atom. The summed E-state index contributed by atoms with van der Waals surface area (Å²) in [6, 6.07) is 0. The van der Waals surface area contributed by atoms with Crippen molar-refractivity contribution in [1.82, 2.24) is 4.90 Å². The van der Waals surface area contributed by atoms with Crippen LogP contribution in [0.2, 0.25) is 0 Å². The highest BCUT2D eigenvalue weighted by Gasteiger charge is 2.12. The Kier molecular flexibility index (Phi) is 7.24. The van der Waals surface area contributed by atoms with Gasteiger partial charge in [0, 0.05) is 13.1 Å². The van der Waals surface area contributed by atoms with Gasteiger partial charge in [-0.15, -0.1) is 0 Å². The molecule has 0 spiro atoms. The average Bonchev–Trinajstić information content (AvgIpc) is 2.30. The number of piperidine rings is 1. The van der Waals surface area contributed by atoms with E-state index in [1.54, 1.807) is 6.92 Å². The van der Waals surface area contributed by atoms with Crippen LogP contribution in [0.5, 0.6) is 0 Å². The highest BCUT2D eigenvalue weighted by Crippen LogP contribution is 2.08. The van der Waals surface area contributed by atoms with Crippen LogP contribution in [0.3, 0.4) is 0 Å². The SMILES string of the molecule is C=C(C)C=O.C=CC(=O)N1CCCCC1. The van der Waals surface area contributed by atoms with E-state index in [4.69, 9.17) is 0 Å². The fourth-order valence-electron chi connectivity index (χ4n) is 1.24. The molecule has 15 heavy (non-hydrogen) atoms. The number of rotatable bonds is 2. The van der Waals surface area contributed by atoms with Crippen molar-refractivity contribution in [2.24, 2.45) is 0 Å². The molecule has 0 N–H and O–H groups in total. The van der Waals surface area contributed by atoms with Crippen molar-refractivity contribution in [1.29, 1.82) is 0 Å². The van der Waals surface area contributed by atoms with Gasteiger partial charge in [-0.05, 0) is 37.8 Å². The van der Waals surface area contributed by atoms with Crippen molar-refractivity contribution < 1.29 is 9.59 Å². The molecule has 3 heteroatoms. The van der Waals surface area contributed by atoms with Gasteiger partial charge in [0.15, 0.2) is 0 Å². The van der Waals surface area contributed by atoms with Gasteiger partial charge in [0.2, 0.25) is 5.91 Å². The molecule has 0 atom stereocenters. The van der Waals surface area contributed by atoms with E-state index in [-0.39, 0.29) is 5.91 Å². The van der Waals surface area contributed by atoms with Gasteiger partial charge < -0.3 is 4.90 Å². The third-order valence-corrected chi connectivity index (χ3v) is 2.04. The lowest BCUT2D eigenvalue weighted by Crippen LogP contribution is -2.34. The molecule has 1 saturated heterocycles. The largest absolute Gasteiger partial charge is 0.339 e. The molecular weight excluding hydrogens is 190 g/mol. The molecule has 0 bridgehead atoms. The second-order valence-electron chi connectivity index (χ2n) is 3.55. The van der Waals surface area contributed by atoms with Gasteiger partial charge in [-0.25, -0.2) is 0 Å². The average molecular weight is 209 g/mol. The van der Waals surface area contributed by atoms with Gasteiger partial charge in [-0.1, -0.05) is 13.2 Å². The minimum Gasteiger partial charge on any atom is -0.339 e. The van der Waals surface area contributed by atoms with Gasteiger partial charge >= 0.3 is 0 Å². The Labute approximate surface area is 91.5 Å². The van der Waals surface area contributed by atoms with Crippen LogP contribution in [0, 0.1) is 0 Å². The number of allylic oxidation sites excluding steroid dienone is 1. The smallest absolute Gasteiger partial charge is 0.245 e. The van der Waals surface area contributed by atoms with Crippen molar-refractivity contribution in [3.8, 4) is 0 Å².